The molecule has 4 rings (SSSR count). The van der Waals surface area contributed by atoms with E-state index < -0.39 is 10.2 Å². The first-order valence-corrected chi connectivity index (χ1v) is 11.3. The normalized spacial score (nSPS) is 24.7. The quantitative estimate of drug-likeness (QED) is 0.852. The van der Waals surface area contributed by atoms with Crippen LogP contribution in [0.1, 0.15) is 44.9 Å². The van der Waals surface area contributed by atoms with Crippen molar-refractivity contribution < 1.29 is 13.2 Å². The molecule has 146 valence electrons. The van der Waals surface area contributed by atoms with E-state index in [1.807, 2.05) is 30.3 Å². The molecule has 1 aromatic carbocycles. The molecule has 1 saturated carbocycles. The van der Waals surface area contributed by atoms with Crippen LogP contribution in [0, 0.1) is 0 Å². The maximum absolute atomic E-state index is 12.5. The third-order valence-corrected chi connectivity index (χ3v) is 7.20. The number of nitrogens with zero attached hydrogens (tertiary/aromatic N) is 2. The first-order chi connectivity index (χ1) is 13.1. The topological polar surface area (TPSA) is 71.5 Å². The van der Waals surface area contributed by atoms with Crippen LogP contribution in [0.15, 0.2) is 36.5 Å². The number of aromatic nitrogens is 1. The zero-order chi connectivity index (χ0) is 18.7. The van der Waals surface area contributed by atoms with E-state index in [1.54, 1.807) is 10.5 Å². The molecule has 0 radical (unpaired) electrons. The van der Waals surface area contributed by atoms with E-state index in [1.165, 1.54) is 0 Å². The summed E-state index contributed by atoms with van der Waals surface area (Å²) in [7, 11) is -3.35. The van der Waals surface area contributed by atoms with E-state index in [-0.39, 0.29) is 12.1 Å². The number of nitrogens with one attached hydrogen (secondary N) is 1. The van der Waals surface area contributed by atoms with Crippen LogP contribution in [0.3, 0.4) is 0 Å². The molecule has 1 N–H and O–H groups in total. The first kappa shape index (κ1) is 18.7. The third kappa shape index (κ3) is 4.59. The lowest BCUT2D eigenvalue weighted by atomic mass is 9.93. The fraction of sp³-hybridized carbons (Fsp3) is 0.550. The average molecular weight is 390 g/mol. The summed E-state index contributed by atoms with van der Waals surface area (Å²) < 4.78 is 35.7. The summed E-state index contributed by atoms with van der Waals surface area (Å²) in [6, 6.07) is 9.92. The minimum Gasteiger partial charge on any atom is -0.490 e. The van der Waals surface area contributed by atoms with Gasteiger partial charge in [0.05, 0.1) is 11.6 Å². The highest BCUT2D eigenvalue weighted by atomic mass is 32.2. The zero-order valence-electron chi connectivity index (χ0n) is 15.5. The Bertz CT molecular complexity index is 873. The van der Waals surface area contributed by atoms with Crippen molar-refractivity contribution in [3.63, 3.8) is 0 Å². The van der Waals surface area contributed by atoms with Gasteiger partial charge >= 0.3 is 0 Å². The number of hydrogen-bond donors (Lipinski definition) is 1. The van der Waals surface area contributed by atoms with E-state index in [0.717, 1.165) is 61.6 Å². The highest BCUT2D eigenvalue weighted by molar-refractivity contribution is 7.87. The molecule has 2 aliphatic rings. The summed E-state index contributed by atoms with van der Waals surface area (Å²) in [4.78, 5) is 4.33. The molecule has 2 heterocycles. The van der Waals surface area contributed by atoms with Gasteiger partial charge in [0, 0.05) is 30.7 Å². The molecule has 0 amide bonds. The standard InChI is InChI=1S/C20H27N3O3S/c24-27(25,23-13-2-1-3-14-23)22-17-6-8-18(9-7-17)26-19-10-11-20-16(15-19)5-4-12-21-20/h4-5,10-12,15,17-18,22H,1-3,6-9,13-14H2. The van der Waals surface area contributed by atoms with Crippen molar-refractivity contribution in [1.29, 1.82) is 0 Å². The Morgan fingerprint density at radius 3 is 2.59 bits per heavy atom. The molecule has 1 aliphatic carbocycles. The monoisotopic (exact) mass is 389 g/mol. The molecule has 0 unspecified atom stereocenters. The van der Waals surface area contributed by atoms with Crippen molar-refractivity contribution in [2.24, 2.45) is 0 Å². The Hall–Kier alpha value is -1.70. The van der Waals surface area contributed by atoms with E-state index in [0.29, 0.717) is 13.1 Å². The highest BCUT2D eigenvalue weighted by Gasteiger charge is 2.29. The molecule has 2 fully saturated rings. The van der Waals surface area contributed by atoms with Gasteiger partial charge in [-0.05, 0) is 62.8 Å². The average Bonchev–Trinajstić information content (AvgIpc) is 2.70. The Morgan fingerprint density at radius 1 is 1.04 bits per heavy atom. The molecule has 7 heteroatoms. The summed E-state index contributed by atoms with van der Waals surface area (Å²) >= 11 is 0. The fourth-order valence-corrected chi connectivity index (χ4v) is 5.55. The Labute approximate surface area is 161 Å². The predicted octanol–water partition coefficient (Wildman–Crippen LogP) is 3.25. The van der Waals surface area contributed by atoms with Crippen molar-refractivity contribution in [3.05, 3.63) is 36.5 Å². The predicted molar refractivity (Wildman–Crippen MR) is 106 cm³/mol. The van der Waals surface area contributed by atoms with Gasteiger partial charge in [0.1, 0.15) is 5.75 Å². The van der Waals surface area contributed by atoms with Crippen LogP contribution in [0.4, 0.5) is 0 Å². The van der Waals surface area contributed by atoms with E-state index >= 15 is 0 Å². The van der Waals surface area contributed by atoms with Gasteiger partial charge in [0.25, 0.3) is 10.2 Å². The fourth-order valence-electron chi connectivity index (χ4n) is 4.01. The number of pyridine rings is 1. The molecule has 0 spiro atoms. The van der Waals surface area contributed by atoms with Crippen molar-refractivity contribution >= 4 is 21.1 Å². The van der Waals surface area contributed by atoms with Gasteiger partial charge in [-0.15, -0.1) is 0 Å². The molecule has 2 aromatic rings. The number of ether oxygens (including phenoxy) is 1. The van der Waals surface area contributed by atoms with Gasteiger partial charge in [-0.1, -0.05) is 12.5 Å². The zero-order valence-corrected chi connectivity index (χ0v) is 16.3. The van der Waals surface area contributed by atoms with Gasteiger partial charge in [0.2, 0.25) is 0 Å². The van der Waals surface area contributed by atoms with Crippen molar-refractivity contribution in [2.75, 3.05) is 13.1 Å². The van der Waals surface area contributed by atoms with Crippen LogP contribution in [-0.2, 0) is 10.2 Å². The summed E-state index contributed by atoms with van der Waals surface area (Å²) in [5.74, 6) is 0.854. The van der Waals surface area contributed by atoms with Gasteiger partial charge in [0.15, 0.2) is 0 Å². The highest BCUT2D eigenvalue weighted by Crippen LogP contribution is 2.26. The number of benzene rings is 1. The number of rotatable bonds is 5. The van der Waals surface area contributed by atoms with Crippen LogP contribution >= 0.6 is 0 Å². The van der Waals surface area contributed by atoms with Crippen LogP contribution in [0.5, 0.6) is 5.75 Å². The molecular formula is C20H27N3O3S. The Kier molecular flexibility index (Phi) is 5.61. The lowest BCUT2D eigenvalue weighted by Gasteiger charge is -2.32. The molecule has 1 aromatic heterocycles. The summed E-state index contributed by atoms with van der Waals surface area (Å²) in [6.07, 6.45) is 8.31. The molecule has 1 saturated heterocycles. The van der Waals surface area contributed by atoms with Crippen LogP contribution in [-0.4, -0.2) is 42.9 Å². The summed E-state index contributed by atoms with van der Waals surface area (Å²) in [5, 5.41) is 1.07. The van der Waals surface area contributed by atoms with Crippen LogP contribution in [0.2, 0.25) is 0 Å². The minimum absolute atomic E-state index is 0.0116. The van der Waals surface area contributed by atoms with Gasteiger partial charge in [-0.3, -0.25) is 4.98 Å². The van der Waals surface area contributed by atoms with Crippen LogP contribution < -0.4 is 9.46 Å². The summed E-state index contributed by atoms with van der Waals surface area (Å²) in [6.45, 7) is 1.29. The van der Waals surface area contributed by atoms with Gasteiger partial charge in [-0.2, -0.15) is 17.4 Å². The number of piperidine rings is 1. The lowest BCUT2D eigenvalue weighted by Crippen LogP contribution is -2.48. The van der Waals surface area contributed by atoms with Gasteiger partial charge in [-0.25, -0.2) is 0 Å². The van der Waals surface area contributed by atoms with Crippen molar-refractivity contribution in [1.82, 2.24) is 14.0 Å². The number of hydrogen-bond acceptors (Lipinski definition) is 4. The molecule has 0 bridgehead atoms. The second kappa shape index (κ2) is 8.12. The van der Waals surface area contributed by atoms with E-state index in [9.17, 15) is 8.42 Å². The van der Waals surface area contributed by atoms with E-state index in [2.05, 4.69) is 9.71 Å². The maximum Gasteiger partial charge on any atom is 0.279 e. The third-order valence-electron chi connectivity index (χ3n) is 5.52. The molecule has 0 atom stereocenters. The SMILES string of the molecule is O=S(=O)(NC1CCC(Oc2ccc3ncccc3c2)CC1)N1CCCCC1. The first-order valence-electron chi connectivity index (χ1n) is 9.89. The van der Waals surface area contributed by atoms with Crippen molar-refractivity contribution in [3.8, 4) is 5.75 Å². The maximum atomic E-state index is 12.5. The van der Waals surface area contributed by atoms with Crippen molar-refractivity contribution in [2.45, 2.75) is 57.1 Å². The molecular weight excluding hydrogens is 362 g/mol. The Morgan fingerprint density at radius 2 is 1.81 bits per heavy atom. The smallest absolute Gasteiger partial charge is 0.279 e. The Balaban J connectivity index is 1.30. The van der Waals surface area contributed by atoms with Gasteiger partial charge < -0.3 is 4.74 Å². The lowest BCUT2D eigenvalue weighted by molar-refractivity contribution is 0.144. The van der Waals surface area contributed by atoms with Crippen LogP contribution in [0.25, 0.3) is 10.9 Å². The molecule has 6 nitrogen and oxygen atoms in total. The van der Waals surface area contributed by atoms with E-state index in [4.69, 9.17) is 4.74 Å². The second-order valence-electron chi connectivity index (χ2n) is 7.53. The largest absolute Gasteiger partial charge is 0.490 e. The molecule has 27 heavy (non-hydrogen) atoms. The number of fused-ring (bicyclic) bond motifs is 1. The summed E-state index contributed by atoms with van der Waals surface area (Å²) in [5.41, 5.74) is 0.959. The second-order valence-corrected chi connectivity index (χ2v) is 9.23. The minimum atomic E-state index is -3.35. The molecule has 1 aliphatic heterocycles.